The molecule has 82 valence electrons. The number of halogens is 1. The van der Waals surface area contributed by atoms with Crippen molar-refractivity contribution in [1.82, 2.24) is 4.72 Å². The molecule has 0 aliphatic heterocycles. The smallest absolute Gasteiger partial charge is 0.273 e. The molecule has 2 N–H and O–H groups in total. The van der Waals surface area contributed by atoms with Gasteiger partial charge in [0.15, 0.2) is 0 Å². The molecule has 0 saturated carbocycles. The minimum Gasteiger partial charge on any atom is -0.273 e. The first-order valence-electron chi connectivity index (χ1n) is 4.44. The molecule has 0 aromatic heterocycles. The van der Waals surface area contributed by atoms with Crippen molar-refractivity contribution in [3.05, 3.63) is 35.4 Å². The highest BCUT2D eigenvalue weighted by molar-refractivity contribution is 7.83. The van der Waals surface area contributed by atoms with E-state index in [1.54, 1.807) is 24.3 Å². The molecule has 1 aliphatic carbocycles. The molecule has 1 aromatic carbocycles. The molecule has 0 spiro atoms. The Kier molecular flexibility index (Phi) is 2.49. The van der Waals surface area contributed by atoms with Crippen molar-refractivity contribution >= 4 is 10.3 Å². The van der Waals surface area contributed by atoms with Crippen LogP contribution in [0.3, 0.4) is 0 Å². The lowest BCUT2D eigenvalue weighted by atomic mass is 10.1. The highest BCUT2D eigenvalue weighted by Gasteiger charge is 2.34. The van der Waals surface area contributed by atoms with Crippen molar-refractivity contribution in [1.29, 1.82) is 0 Å². The van der Waals surface area contributed by atoms with Gasteiger partial charge in [-0.2, -0.15) is 13.1 Å². The summed E-state index contributed by atoms with van der Waals surface area (Å²) in [6.07, 6.45) is -1.16. The van der Waals surface area contributed by atoms with Crippen LogP contribution in [0.5, 0.6) is 0 Å². The van der Waals surface area contributed by atoms with Gasteiger partial charge >= 0.3 is 10.3 Å². The van der Waals surface area contributed by atoms with Gasteiger partial charge in [0.1, 0.15) is 6.17 Å². The third-order valence-electron chi connectivity index (χ3n) is 2.44. The second-order valence-electron chi connectivity index (χ2n) is 3.49. The summed E-state index contributed by atoms with van der Waals surface area (Å²) in [5, 5.41) is 0. The van der Waals surface area contributed by atoms with E-state index in [1.807, 2.05) is 4.72 Å². The summed E-state index contributed by atoms with van der Waals surface area (Å²) in [6, 6.07) is 5.89. The summed E-state index contributed by atoms with van der Waals surface area (Å²) in [5.41, 5.74) is 1.36. The van der Waals surface area contributed by atoms with Crippen LogP contribution in [-0.4, -0.2) is 19.1 Å². The van der Waals surface area contributed by atoms with E-state index in [0.29, 0.717) is 5.56 Å². The molecule has 0 heterocycles. The maximum atomic E-state index is 13.5. The molecular formula is C9H10FNO3S. The summed E-state index contributed by atoms with van der Waals surface area (Å²) in [4.78, 5) is 0. The molecule has 15 heavy (non-hydrogen) atoms. The zero-order valence-electron chi connectivity index (χ0n) is 7.72. The molecule has 0 amide bonds. The van der Waals surface area contributed by atoms with Gasteiger partial charge in [-0.15, -0.1) is 0 Å². The molecule has 1 aromatic rings. The quantitative estimate of drug-likeness (QED) is 0.747. The molecule has 4 nitrogen and oxygen atoms in total. The van der Waals surface area contributed by atoms with E-state index in [1.165, 1.54) is 0 Å². The number of alkyl halides is 1. The van der Waals surface area contributed by atoms with Crippen LogP contribution in [0.1, 0.15) is 17.2 Å². The van der Waals surface area contributed by atoms with Crippen molar-refractivity contribution in [2.45, 2.75) is 18.6 Å². The van der Waals surface area contributed by atoms with Gasteiger partial charge in [-0.25, -0.2) is 4.39 Å². The lowest BCUT2D eigenvalue weighted by Gasteiger charge is -2.13. The summed E-state index contributed by atoms with van der Waals surface area (Å²) in [7, 11) is -4.37. The highest BCUT2D eigenvalue weighted by atomic mass is 32.2. The minimum atomic E-state index is -4.37. The van der Waals surface area contributed by atoms with Crippen molar-refractivity contribution in [2.24, 2.45) is 0 Å². The van der Waals surface area contributed by atoms with Gasteiger partial charge in [-0.05, 0) is 11.1 Å². The van der Waals surface area contributed by atoms with Crippen LogP contribution in [0.2, 0.25) is 0 Å². The van der Waals surface area contributed by atoms with E-state index in [0.717, 1.165) is 5.56 Å². The van der Waals surface area contributed by atoms with Crippen molar-refractivity contribution in [3.8, 4) is 0 Å². The van der Waals surface area contributed by atoms with Crippen molar-refractivity contribution in [2.75, 3.05) is 0 Å². The predicted octanol–water partition coefficient (Wildman–Crippen LogP) is 1.01. The van der Waals surface area contributed by atoms with E-state index in [9.17, 15) is 12.8 Å². The lowest BCUT2D eigenvalue weighted by molar-refractivity contribution is 0.285. The molecule has 0 unspecified atom stereocenters. The average molecular weight is 231 g/mol. The lowest BCUT2D eigenvalue weighted by Crippen LogP contribution is -2.31. The van der Waals surface area contributed by atoms with Crippen LogP contribution in [0, 0.1) is 0 Å². The van der Waals surface area contributed by atoms with E-state index in [2.05, 4.69) is 0 Å². The molecular weight excluding hydrogens is 221 g/mol. The van der Waals surface area contributed by atoms with Crippen LogP contribution in [0.15, 0.2) is 24.3 Å². The maximum absolute atomic E-state index is 13.5. The van der Waals surface area contributed by atoms with Crippen molar-refractivity contribution in [3.63, 3.8) is 0 Å². The van der Waals surface area contributed by atoms with Crippen LogP contribution < -0.4 is 4.72 Å². The van der Waals surface area contributed by atoms with E-state index in [-0.39, 0.29) is 6.42 Å². The van der Waals surface area contributed by atoms with Gasteiger partial charge < -0.3 is 0 Å². The molecule has 0 radical (unpaired) electrons. The Balaban J connectivity index is 2.34. The first-order valence-corrected chi connectivity index (χ1v) is 5.88. The largest absolute Gasteiger partial charge is 0.334 e. The number of hydrogen-bond acceptors (Lipinski definition) is 2. The standard InChI is InChI=1S/C9H10FNO3S/c10-8-5-6-3-1-2-4-7(6)9(8)11-15(12,13)14/h1-4,8-9,11H,5H2,(H,12,13,14)/t8-,9-/m0/s1. The van der Waals surface area contributed by atoms with Crippen LogP contribution in [0.4, 0.5) is 4.39 Å². The predicted molar refractivity (Wildman–Crippen MR) is 52.5 cm³/mol. The normalized spacial score (nSPS) is 25.2. The molecule has 2 rings (SSSR count). The summed E-state index contributed by atoms with van der Waals surface area (Å²) in [5.74, 6) is 0. The highest BCUT2D eigenvalue weighted by Crippen LogP contribution is 2.33. The fourth-order valence-electron chi connectivity index (χ4n) is 1.84. The van der Waals surface area contributed by atoms with Crippen LogP contribution in [-0.2, 0) is 16.7 Å². The number of nitrogens with one attached hydrogen (secondary N) is 1. The molecule has 1 aliphatic rings. The van der Waals surface area contributed by atoms with Crippen LogP contribution >= 0.6 is 0 Å². The summed E-state index contributed by atoms with van der Waals surface area (Å²) in [6.45, 7) is 0. The second-order valence-corrected chi connectivity index (χ2v) is 4.68. The fourth-order valence-corrected chi connectivity index (χ4v) is 2.44. The number of fused-ring (bicyclic) bond motifs is 1. The maximum Gasteiger partial charge on any atom is 0.334 e. The van der Waals surface area contributed by atoms with Gasteiger partial charge in [0.2, 0.25) is 0 Å². The van der Waals surface area contributed by atoms with Crippen molar-refractivity contribution < 1.29 is 17.4 Å². The van der Waals surface area contributed by atoms with E-state index in [4.69, 9.17) is 4.55 Å². The monoisotopic (exact) mass is 231 g/mol. The average Bonchev–Trinajstić information content (AvgIpc) is 2.41. The number of benzene rings is 1. The zero-order chi connectivity index (χ0) is 11.1. The third kappa shape index (κ3) is 2.17. The number of hydrogen-bond donors (Lipinski definition) is 2. The number of rotatable bonds is 2. The molecule has 0 saturated heterocycles. The third-order valence-corrected chi connectivity index (χ3v) is 2.99. The first kappa shape index (κ1) is 10.5. The van der Waals surface area contributed by atoms with Gasteiger partial charge in [0, 0.05) is 6.42 Å². The SMILES string of the molecule is O=S(=O)(O)N[C@H]1c2ccccc2C[C@@H]1F. The molecule has 0 fully saturated rings. The Hall–Kier alpha value is -0.980. The Bertz CT molecular complexity index is 474. The fraction of sp³-hybridized carbons (Fsp3) is 0.333. The summed E-state index contributed by atoms with van der Waals surface area (Å²) < 4.78 is 45.2. The minimum absolute atomic E-state index is 0.170. The summed E-state index contributed by atoms with van der Waals surface area (Å²) >= 11 is 0. The topological polar surface area (TPSA) is 66.4 Å². The van der Waals surface area contributed by atoms with E-state index >= 15 is 0 Å². The Morgan fingerprint density at radius 3 is 2.73 bits per heavy atom. The molecule has 6 heteroatoms. The van der Waals surface area contributed by atoms with E-state index < -0.39 is 22.5 Å². The molecule has 0 bridgehead atoms. The van der Waals surface area contributed by atoms with Gasteiger partial charge in [0.05, 0.1) is 6.04 Å². The first-order chi connectivity index (χ1) is 6.97. The Labute approximate surface area is 87.0 Å². The van der Waals surface area contributed by atoms with Crippen LogP contribution in [0.25, 0.3) is 0 Å². The van der Waals surface area contributed by atoms with Gasteiger partial charge in [-0.1, -0.05) is 24.3 Å². The van der Waals surface area contributed by atoms with Gasteiger partial charge in [-0.3, -0.25) is 4.55 Å². The van der Waals surface area contributed by atoms with Gasteiger partial charge in [0.25, 0.3) is 0 Å². The molecule has 2 atom stereocenters. The Morgan fingerprint density at radius 2 is 2.07 bits per heavy atom. The Morgan fingerprint density at radius 1 is 1.40 bits per heavy atom. The zero-order valence-corrected chi connectivity index (χ0v) is 8.54. The second kappa shape index (κ2) is 3.55.